The number of ether oxygens (including phenoxy) is 6. The summed E-state index contributed by atoms with van der Waals surface area (Å²) in [5.74, 6) is -0.0424. The number of hydrogen-bond donors (Lipinski definition) is 3. The lowest BCUT2D eigenvalue weighted by Crippen LogP contribution is -2.61. The van der Waals surface area contributed by atoms with Gasteiger partial charge in [-0.15, -0.1) is 0 Å². The first-order valence-corrected chi connectivity index (χ1v) is 18.2. The Morgan fingerprint density at radius 3 is 2.45 bits per heavy atom. The molecule has 0 unspecified atom stereocenters. The molecule has 0 amide bonds. The highest BCUT2D eigenvalue weighted by Crippen LogP contribution is 2.88. The van der Waals surface area contributed by atoms with Crippen molar-refractivity contribution in [3.63, 3.8) is 0 Å². The third kappa shape index (κ3) is 3.73. The van der Waals surface area contributed by atoms with Crippen molar-refractivity contribution in [1.29, 1.82) is 0 Å². The average molecular weight is 659 g/mol. The predicted molar refractivity (Wildman–Crippen MR) is 166 cm³/mol. The third-order valence-corrected chi connectivity index (χ3v) is 16.0. The Labute approximate surface area is 277 Å². The van der Waals surface area contributed by atoms with E-state index in [9.17, 15) is 20.1 Å². The first-order valence-electron chi connectivity index (χ1n) is 18.2. The molecule has 3 N–H and O–H groups in total. The van der Waals surface area contributed by atoms with Crippen LogP contribution in [-0.2, 0) is 33.2 Å². The summed E-state index contributed by atoms with van der Waals surface area (Å²) in [7, 11) is 0. The lowest BCUT2D eigenvalue weighted by Gasteiger charge is -2.62. The number of rotatable bonds is 3. The molecular formula is C37H54O10. The summed E-state index contributed by atoms with van der Waals surface area (Å²) in [5, 5.41) is 30.9. The maximum Gasteiger partial charge on any atom is 0.302 e. The quantitative estimate of drug-likeness (QED) is 0.234. The summed E-state index contributed by atoms with van der Waals surface area (Å²) in [6.07, 6.45) is 3.70. The van der Waals surface area contributed by atoms with E-state index in [-0.39, 0.29) is 75.6 Å². The van der Waals surface area contributed by atoms with Crippen LogP contribution in [0.4, 0.5) is 0 Å². The van der Waals surface area contributed by atoms with E-state index in [1.165, 1.54) is 0 Å². The van der Waals surface area contributed by atoms with Crippen molar-refractivity contribution < 1.29 is 48.5 Å². The average Bonchev–Trinajstić information content (AvgIpc) is 3.81. The molecule has 5 aliphatic carbocycles. The largest absolute Gasteiger partial charge is 0.462 e. The van der Waals surface area contributed by atoms with Crippen LogP contribution in [0.1, 0.15) is 93.4 Å². The smallest absolute Gasteiger partial charge is 0.302 e. The van der Waals surface area contributed by atoms with Crippen molar-refractivity contribution in [2.24, 2.45) is 44.8 Å². The highest BCUT2D eigenvalue weighted by Gasteiger charge is 2.85. The topological polar surface area (TPSA) is 136 Å². The van der Waals surface area contributed by atoms with Crippen LogP contribution in [0.3, 0.4) is 0 Å². The van der Waals surface area contributed by atoms with E-state index in [2.05, 4.69) is 47.6 Å². The minimum Gasteiger partial charge on any atom is -0.462 e. The zero-order valence-corrected chi connectivity index (χ0v) is 29.0. The first-order chi connectivity index (χ1) is 22.0. The molecule has 10 heteroatoms. The molecule has 0 aromatic rings. The zero-order valence-electron chi connectivity index (χ0n) is 29.0. The molecule has 0 aromatic heterocycles. The fourth-order valence-corrected chi connectivity index (χ4v) is 13.7. The Bertz CT molecular complexity index is 1410. The van der Waals surface area contributed by atoms with Crippen molar-refractivity contribution in [3.05, 3.63) is 11.6 Å². The number of esters is 1. The number of epoxide rings is 1. The molecule has 9 rings (SSSR count). The molecule has 262 valence electrons. The Morgan fingerprint density at radius 2 is 1.77 bits per heavy atom. The second-order valence-corrected chi connectivity index (χ2v) is 18.5. The number of allylic oxidation sites excluding steroid dienone is 2. The van der Waals surface area contributed by atoms with Gasteiger partial charge >= 0.3 is 5.97 Å². The van der Waals surface area contributed by atoms with Gasteiger partial charge in [-0.3, -0.25) is 4.79 Å². The lowest BCUT2D eigenvalue weighted by molar-refractivity contribution is -0.307. The normalized spacial score (nSPS) is 61.1. The van der Waals surface area contributed by atoms with E-state index in [0.29, 0.717) is 18.4 Å². The molecule has 0 bridgehead atoms. The molecule has 4 saturated carbocycles. The Kier molecular flexibility index (Phi) is 6.37. The van der Waals surface area contributed by atoms with Gasteiger partial charge in [-0.2, -0.15) is 0 Å². The second kappa shape index (κ2) is 9.40. The van der Waals surface area contributed by atoms with E-state index in [4.69, 9.17) is 28.4 Å². The van der Waals surface area contributed by atoms with Gasteiger partial charge in [0.25, 0.3) is 0 Å². The van der Waals surface area contributed by atoms with E-state index < -0.39 is 30.4 Å². The van der Waals surface area contributed by atoms with Crippen molar-refractivity contribution >= 4 is 5.97 Å². The summed E-state index contributed by atoms with van der Waals surface area (Å²) in [6.45, 7) is 15.9. The zero-order chi connectivity index (χ0) is 33.3. The Morgan fingerprint density at radius 1 is 1.00 bits per heavy atom. The van der Waals surface area contributed by atoms with Crippen LogP contribution in [0, 0.1) is 44.8 Å². The Hall–Kier alpha value is -1.11. The summed E-state index contributed by atoms with van der Waals surface area (Å²) in [4.78, 5) is 12.9. The summed E-state index contributed by atoms with van der Waals surface area (Å²) < 4.78 is 38.3. The van der Waals surface area contributed by atoms with Gasteiger partial charge in [0.1, 0.15) is 36.1 Å². The van der Waals surface area contributed by atoms with Crippen LogP contribution in [-0.4, -0.2) is 94.9 Å². The lowest BCUT2D eigenvalue weighted by atomic mass is 9.44. The first kappa shape index (κ1) is 31.8. The number of carbonyl (C=O) groups excluding carboxylic acids is 1. The fraction of sp³-hybridized carbons (Fsp3) is 0.919. The van der Waals surface area contributed by atoms with Gasteiger partial charge in [0.05, 0.1) is 25.4 Å². The second-order valence-electron chi connectivity index (χ2n) is 18.5. The molecule has 0 aromatic carbocycles. The molecular weight excluding hydrogens is 604 g/mol. The molecule has 4 heterocycles. The molecule has 3 spiro atoms. The van der Waals surface area contributed by atoms with E-state index in [1.807, 2.05) is 0 Å². The molecule has 10 nitrogen and oxygen atoms in total. The minimum atomic E-state index is -1.31. The summed E-state index contributed by atoms with van der Waals surface area (Å²) >= 11 is 0. The van der Waals surface area contributed by atoms with Crippen molar-refractivity contribution in [1.82, 2.24) is 0 Å². The summed E-state index contributed by atoms with van der Waals surface area (Å²) in [6, 6.07) is 0. The number of hydrogen-bond acceptors (Lipinski definition) is 10. The van der Waals surface area contributed by atoms with E-state index in [0.717, 1.165) is 44.9 Å². The summed E-state index contributed by atoms with van der Waals surface area (Å²) in [5.41, 5.74) is 0.598. The molecule has 9 aliphatic rings. The van der Waals surface area contributed by atoms with Crippen molar-refractivity contribution in [3.8, 4) is 0 Å². The highest BCUT2D eigenvalue weighted by atomic mass is 16.8. The molecule has 17 atom stereocenters. The van der Waals surface area contributed by atoms with Gasteiger partial charge in [0.2, 0.25) is 0 Å². The monoisotopic (exact) mass is 658 g/mol. The van der Waals surface area contributed by atoms with Crippen LogP contribution in [0.25, 0.3) is 0 Å². The number of fused-ring (bicyclic) bond motifs is 6. The van der Waals surface area contributed by atoms with Crippen LogP contribution >= 0.6 is 0 Å². The SMILES string of the molecule is CC(=O)O[C@@H]1C[C@@]23C[C@@]24CC[C@H](O[C@@H]2OC[C@@H](O)[C@H](O)[C@H]2O)C(C)(C)[C@H]4CC=C3[C@]2(C)C[C@@H]3O[C@@]4(C[C@@H](C)[C@@H]3[C@@]12C)OC[C@]1(C)O[C@@H]41. The van der Waals surface area contributed by atoms with Gasteiger partial charge in [-0.05, 0) is 74.0 Å². The maximum absolute atomic E-state index is 12.9. The molecule has 4 aliphatic heterocycles. The van der Waals surface area contributed by atoms with Crippen molar-refractivity contribution in [2.45, 2.75) is 154 Å². The maximum atomic E-state index is 12.9. The number of aliphatic hydroxyl groups excluding tert-OH is 3. The van der Waals surface area contributed by atoms with Gasteiger partial charge in [0.15, 0.2) is 12.1 Å². The van der Waals surface area contributed by atoms with Gasteiger partial charge < -0.3 is 43.7 Å². The molecule has 47 heavy (non-hydrogen) atoms. The molecule has 0 radical (unpaired) electrons. The van der Waals surface area contributed by atoms with Gasteiger partial charge in [-0.25, -0.2) is 0 Å². The van der Waals surface area contributed by atoms with Crippen molar-refractivity contribution in [2.75, 3.05) is 13.2 Å². The van der Waals surface area contributed by atoms with E-state index in [1.54, 1.807) is 12.5 Å². The van der Waals surface area contributed by atoms with Gasteiger partial charge in [0, 0.05) is 29.6 Å². The fourth-order valence-electron chi connectivity index (χ4n) is 13.7. The van der Waals surface area contributed by atoms with E-state index >= 15 is 0 Å². The third-order valence-electron chi connectivity index (χ3n) is 16.0. The predicted octanol–water partition coefficient (Wildman–Crippen LogP) is 3.63. The molecule has 4 saturated heterocycles. The minimum absolute atomic E-state index is 0.0156. The van der Waals surface area contributed by atoms with Gasteiger partial charge in [-0.1, -0.05) is 46.3 Å². The van der Waals surface area contributed by atoms with Crippen LogP contribution in [0.2, 0.25) is 0 Å². The van der Waals surface area contributed by atoms with Crippen LogP contribution in [0.15, 0.2) is 11.6 Å². The standard InChI is InChI=1S/C37H54O10/c1-18-12-37(30-33(6,47-30)17-43-37)46-21-13-32(5)23-9-8-22-31(3,4)24(45-29-28(41)27(40)20(39)15-42-29)10-11-35(22)16-36(23,35)14-25(44-19(2)38)34(32,7)26(18)21/h9,18,20-22,24-30,39-41H,8,10-17H2,1-7H3/t18-,20-,21+,22-,24+,25-,26+,27+,28-,29+,30-,32+,33+,34-,35-,36+,37-/m1/s1. The Balaban J connectivity index is 1.06. The molecule has 8 fully saturated rings. The highest BCUT2D eigenvalue weighted by molar-refractivity contribution is 5.66. The number of aliphatic hydroxyl groups is 3. The van der Waals surface area contributed by atoms with Crippen LogP contribution in [0.5, 0.6) is 0 Å². The van der Waals surface area contributed by atoms with Crippen LogP contribution < -0.4 is 0 Å². The number of carbonyl (C=O) groups is 1.